The molecule has 2 rings (SSSR count). The Morgan fingerprint density at radius 1 is 1.50 bits per heavy atom. The van der Waals surface area contributed by atoms with Crippen molar-refractivity contribution >= 4 is 38.8 Å². The first-order valence-corrected chi connectivity index (χ1v) is 9.96. The van der Waals surface area contributed by atoms with Gasteiger partial charge >= 0.3 is 0 Å². The van der Waals surface area contributed by atoms with Crippen LogP contribution in [0.25, 0.3) is 0 Å². The first-order valence-electron chi connectivity index (χ1n) is 6.34. The van der Waals surface area contributed by atoms with E-state index in [4.69, 9.17) is 0 Å². The minimum atomic E-state index is -2.97. The van der Waals surface area contributed by atoms with Crippen molar-refractivity contribution in [3.05, 3.63) is 5.01 Å². The maximum atomic E-state index is 12.2. The minimum absolute atomic E-state index is 0.0348. The summed E-state index contributed by atoms with van der Waals surface area (Å²) in [5.74, 6) is 0.519. The molecule has 0 spiro atoms. The van der Waals surface area contributed by atoms with Crippen molar-refractivity contribution in [1.82, 2.24) is 15.1 Å². The molecule has 1 aliphatic rings. The molecule has 1 amide bonds. The molecule has 0 saturated carbocycles. The van der Waals surface area contributed by atoms with Crippen molar-refractivity contribution in [3.63, 3.8) is 0 Å². The lowest BCUT2D eigenvalue weighted by atomic mass is 10.2. The summed E-state index contributed by atoms with van der Waals surface area (Å²) >= 11 is 2.81. The quantitative estimate of drug-likeness (QED) is 0.746. The monoisotopic (exact) mass is 335 g/mol. The lowest BCUT2D eigenvalue weighted by Crippen LogP contribution is -2.41. The highest BCUT2D eigenvalue weighted by Crippen LogP contribution is 2.24. The molecule has 112 valence electrons. The van der Waals surface area contributed by atoms with E-state index >= 15 is 0 Å². The molecule has 0 aliphatic carbocycles. The van der Waals surface area contributed by atoms with Crippen LogP contribution in [0.1, 0.15) is 18.4 Å². The van der Waals surface area contributed by atoms with Gasteiger partial charge in [0.05, 0.1) is 17.3 Å². The molecule has 0 aromatic carbocycles. The Morgan fingerprint density at radius 2 is 2.25 bits per heavy atom. The van der Waals surface area contributed by atoms with E-state index < -0.39 is 9.84 Å². The van der Waals surface area contributed by atoms with Crippen molar-refractivity contribution in [1.29, 1.82) is 0 Å². The first-order chi connectivity index (χ1) is 9.41. The third-order valence-electron chi connectivity index (χ3n) is 3.14. The highest BCUT2D eigenvalue weighted by Gasteiger charge is 2.33. The third-order valence-corrected chi connectivity index (χ3v) is 6.84. The van der Waals surface area contributed by atoms with Crippen LogP contribution in [0.3, 0.4) is 0 Å². The number of sulfone groups is 1. The van der Waals surface area contributed by atoms with Crippen LogP contribution < -0.4 is 0 Å². The fourth-order valence-electron chi connectivity index (χ4n) is 2.20. The number of aromatic nitrogens is 2. The van der Waals surface area contributed by atoms with E-state index in [1.807, 2.05) is 13.8 Å². The zero-order valence-corrected chi connectivity index (χ0v) is 13.9. The van der Waals surface area contributed by atoms with E-state index in [2.05, 4.69) is 10.2 Å². The van der Waals surface area contributed by atoms with Gasteiger partial charge in [-0.05, 0) is 20.3 Å². The predicted molar refractivity (Wildman–Crippen MR) is 79.8 cm³/mol. The average Bonchev–Trinajstić information content (AvgIpc) is 2.94. The van der Waals surface area contributed by atoms with E-state index in [-0.39, 0.29) is 29.2 Å². The number of hydrogen-bond donors (Lipinski definition) is 0. The van der Waals surface area contributed by atoms with Crippen molar-refractivity contribution in [2.24, 2.45) is 0 Å². The van der Waals surface area contributed by atoms with Gasteiger partial charge in [0.25, 0.3) is 0 Å². The summed E-state index contributed by atoms with van der Waals surface area (Å²) in [5, 5.41) is 8.73. The van der Waals surface area contributed by atoms with Crippen LogP contribution >= 0.6 is 23.1 Å². The van der Waals surface area contributed by atoms with Gasteiger partial charge in [-0.3, -0.25) is 4.79 Å². The van der Waals surface area contributed by atoms with Crippen LogP contribution in [0.4, 0.5) is 0 Å². The summed E-state index contributed by atoms with van der Waals surface area (Å²) in [5.41, 5.74) is 0. The number of rotatable bonds is 5. The SMILES string of the molecule is CCN(C(=O)CSc1nnc(C)s1)[C@H]1CCS(=O)(=O)C1. The van der Waals surface area contributed by atoms with Gasteiger partial charge < -0.3 is 4.90 Å². The van der Waals surface area contributed by atoms with E-state index in [0.29, 0.717) is 13.0 Å². The molecular formula is C11H17N3O3S3. The largest absolute Gasteiger partial charge is 0.338 e. The number of carbonyl (C=O) groups is 1. The molecule has 20 heavy (non-hydrogen) atoms. The summed E-state index contributed by atoms with van der Waals surface area (Å²) in [4.78, 5) is 13.9. The molecule has 0 radical (unpaired) electrons. The summed E-state index contributed by atoms with van der Waals surface area (Å²) in [7, 11) is -2.97. The van der Waals surface area contributed by atoms with Gasteiger partial charge in [0.1, 0.15) is 5.01 Å². The molecule has 1 aromatic heterocycles. The summed E-state index contributed by atoms with van der Waals surface area (Å²) in [6.07, 6.45) is 0.546. The van der Waals surface area contributed by atoms with Crippen LogP contribution in [0.15, 0.2) is 4.34 Å². The molecule has 0 bridgehead atoms. The second-order valence-corrected chi connectivity index (χ2v) is 9.25. The molecule has 0 N–H and O–H groups in total. The van der Waals surface area contributed by atoms with Crippen LogP contribution in [0.2, 0.25) is 0 Å². The molecule has 2 heterocycles. The third kappa shape index (κ3) is 3.92. The smallest absolute Gasteiger partial charge is 0.233 e. The van der Waals surface area contributed by atoms with E-state index in [1.165, 1.54) is 23.1 Å². The summed E-state index contributed by atoms with van der Waals surface area (Å²) in [6, 6.07) is -0.172. The van der Waals surface area contributed by atoms with Gasteiger partial charge in [-0.1, -0.05) is 23.1 Å². The van der Waals surface area contributed by atoms with E-state index in [9.17, 15) is 13.2 Å². The number of nitrogens with zero attached hydrogens (tertiary/aromatic N) is 3. The fraction of sp³-hybridized carbons (Fsp3) is 0.727. The van der Waals surface area contributed by atoms with Gasteiger partial charge in [0, 0.05) is 12.6 Å². The van der Waals surface area contributed by atoms with Gasteiger partial charge in [-0.15, -0.1) is 10.2 Å². The van der Waals surface area contributed by atoms with E-state index in [1.54, 1.807) is 4.90 Å². The Labute approximate surface area is 126 Å². The molecular weight excluding hydrogens is 318 g/mol. The molecule has 1 saturated heterocycles. The van der Waals surface area contributed by atoms with Crippen molar-refractivity contribution in [2.45, 2.75) is 30.6 Å². The highest BCUT2D eigenvalue weighted by molar-refractivity contribution is 8.01. The van der Waals surface area contributed by atoms with Crippen molar-refractivity contribution < 1.29 is 13.2 Å². The topological polar surface area (TPSA) is 80.2 Å². The standard InChI is InChI=1S/C11H17N3O3S3/c1-3-14(9-4-5-20(16,17)7-9)10(15)6-18-11-13-12-8(2)19-11/h9H,3-7H2,1-2H3/t9-/m0/s1. The van der Waals surface area contributed by atoms with Crippen molar-refractivity contribution in [2.75, 3.05) is 23.8 Å². The molecule has 6 nitrogen and oxygen atoms in total. The Morgan fingerprint density at radius 3 is 2.75 bits per heavy atom. The zero-order valence-electron chi connectivity index (χ0n) is 11.4. The normalized spacial score (nSPS) is 21.0. The second-order valence-electron chi connectivity index (χ2n) is 4.61. The molecule has 1 fully saturated rings. The molecule has 9 heteroatoms. The Balaban J connectivity index is 1.92. The molecule has 1 atom stereocenters. The highest BCUT2D eigenvalue weighted by atomic mass is 32.2. The average molecular weight is 335 g/mol. The Bertz CT molecular complexity index is 585. The number of aryl methyl sites for hydroxylation is 1. The Kier molecular flexibility index (Phi) is 5.03. The van der Waals surface area contributed by atoms with Gasteiger partial charge in [-0.25, -0.2) is 8.42 Å². The van der Waals surface area contributed by atoms with E-state index in [0.717, 1.165) is 9.35 Å². The molecule has 1 aromatic rings. The van der Waals surface area contributed by atoms with Crippen molar-refractivity contribution in [3.8, 4) is 0 Å². The van der Waals surface area contributed by atoms with Crippen LogP contribution in [-0.2, 0) is 14.6 Å². The van der Waals surface area contributed by atoms with Gasteiger partial charge in [0.15, 0.2) is 14.2 Å². The van der Waals surface area contributed by atoms with Gasteiger partial charge in [-0.2, -0.15) is 0 Å². The summed E-state index contributed by atoms with van der Waals surface area (Å²) in [6.45, 7) is 4.28. The van der Waals surface area contributed by atoms with Gasteiger partial charge in [0.2, 0.25) is 5.91 Å². The summed E-state index contributed by atoms with van der Waals surface area (Å²) < 4.78 is 23.8. The number of thioether (sulfide) groups is 1. The number of hydrogen-bond acceptors (Lipinski definition) is 7. The Hall–Kier alpha value is -0.670. The number of carbonyl (C=O) groups excluding carboxylic acids is 1. The second kappa shape index (κ2) is 6.40. The maximum absolute atomic E-state index is 12.2. The van der Waals surface area contributed by atoms with Crippen LogP contribution in [0.5, 0.6) is 0 Å². The minimum Gasteiger partial charge on any atom is -0.338 e. The fourth-order valence-corrected chi connectivity index (χ4v) is 5.63. The molecule has 1 aliphatic heterocycles. The van der Waals surface area contributed by atoms with Crippen LogP contribution in [-0.4, -0.2) is 59.3 Å². The predicted octanol–water partition coefficient (Wildman–Crippen LogP) is 0.974. The lowest BCUT2D eigenvalue weighted by Gasteiger charge is -2.26. The maximum Gasteiger partial charge on any atom is 0.233 e. The lowest BCUT2D eigenvalue weighted by molar-refractivity contribution is -0.129. The first kappa shape index (κ1) is 15.7. The van der Waals surface area contributed by atoms with Crippen LogP contribution in [0, 0.1) is 6.92 Å². The molecule has 0 unspecified atom stereocenters. The zero-order chi connectivity index (χ0) is 14.8. The number of amides is 1.